The summed E-state index contributed by atoms with van der Waals surface area (Å²) in [4.78, 5) is 23.8. The molecule has 1 N–H and O–H groups in total. The highest BCUT2D eigenvalue weighted by Crippen LogP contribution is 2.15. The fourth-order valence-corrected chi connectivity index (χ4v) is 1.82. The normalized spacial score (nSPS) is 11.7. The van der Waals surface area contributed by atoms with E-state index in [9.17, 15) is 22.8 Å². The molecule has 7 heteroatoms. The first kappa shape index (κ1) is 17.5. The predicted octanol–water partition coefficient (Wildman–Crippen LogP) is 3.60. The van der Waals surface area contributed by atoms with Crippen LogP contribution in [0.4, 0.5) is 18.9 Å². The lowest BCUT2D eigenvalue weighted by Gasteiger charge is -2.14. The Balaban J connectivity index is 2.01. The average molecular weight is 337 g/mol. The zero-order valence-electron chi connectivity index (χ0n) is 12.9. The Labute approximate surface area is 136 Å². The molecule has 2 rings (SSSR count). The Morgan fingerprint density at radius 3 is 2.33 bits per heavy atom. The highest BCUT2D eigenvalue weighted by molar-refractivity contribution is 5.97. The van der Waals surface area contributed by atoms with Crippen molar-refractivity contribution in [3.8, 4) is 0 Å². The Kier molecular flexibility index (Phi) is 5.23. The fraction of sp³-hybridized carbons (Fsp3) is 0.176. The van der Waals surface area contributed by atoms with Gasteiger partial charge in [-0.05, 0) is 43.7 Å². The van der Waals surface area contributed by atoms with Gasteiger partial charge in [0.25, 0.3) is 5.91 Å². The van der Waals surface area contributed by atoms with Gasteiger partial charge in [0.15, 0.2) is 17.7 Å². The summed E-state index contributed by atoms with van der Waals surface area (Å²) in [7, 11) is 0. The van der Waals surface area contributed by atoms with Crippen molar-refractivity contribution in [1.29, 1.82) is 0 Å². The number of rotatable bonds is 4. The highest BCUT2D eigenvalue weighted by atomic mass is 19.2. The van der Waals surface area contributed by atoms with Crippen molar-refractivity contribution in [2.75, 3.05) is 5.32 Å². The molecule has 0 heterocycles. The minimum absolute atomic E-state index is 0.0168. The number of amides is 1. The number of carbonyl (C=O) groups excluding carboxylic acids is 2. The molecule has 0 bridgehead atoms. The molecule has 0 saturated carbocycles. The number of anilines is 1. The van der Waals surface area contributed by atoms with Gasteiger partial charge >= 0.3 is 5.97 Å². The molecule has 24 heavy (non-hydrogen) atoms. The van der Waals surface area contributed by atoms with Crippen molar-refractivity contribution in [1.82, 2.24) is 0 Å². The van der Waals surface area contributed by atoms with Gasteiger partial charge in [-0.1, -0.05) is 6.07 Å². The van der Waals surface area contributed by atoms with Gasteiger partial charge in [0.2, 0.25) is 0 Å². The van der Waals surface area contributed by atoms with E-state index >= 15 is 0 Å². The topological polar surface area (TPSA) is 55.4 Å². The first-order chi connectivity index (χ1) is 11.3. The zero-order chi connectivity index (χ0) is 17.9. The highest BCUT2D eigenvalue weighted by Gasteiger charge is 2.20. The van der Waals surface area contributed by atoms with E-state index in [1.165, 1.54) is 25.1 Å². The van der Waals surface area contributed by atoms with Gasteiger partial charge < -0.3 is 10.1 Å². The third-order valence-corrected chi connectivity index (χ3v) is 3.25. The minimum atomic E-state index is -1.21. The van der Waals surface area contributed by atoms with Crippen molar-refractivity contribution in [3.05, 3.63) is 65.0 Å². The molecule has 1 amide bonds. The Morgan fingerprint density at radius 1 is 1.00 bits per heavy atom. The van der Waals surface area contributed by atoms with E-state index in [4.69, 9.17) is 4.74 Å². The minimum Gasteiger partial charge on any atom is -0.449 e. The van der Waals surface area contributed by atoms with E-state index in [0.717, 1.165) is 18.2 Å². The van der Waals surface area contributed by atoms with Crippen LogP contribution in [0, 0.1) is 24.4 Å². The molecule has 1 atom stereocenters. The maximum Gasteiger partial charge on any atom is 0.339 e. The van der Waals surface area contributed by atoms with Crippen LogP contribution < -0.4 is 5.32 Å². The summed E-state index contributed by atoms with van der Waals surface area (Å²) in [6.07, 6.45) is -1.21. The van der Waals surface area contributed by atoms with Crippen LogP contribution in [0.2, 0.25) is 0 Å². The summed E-state index contributed by atoms with van der Waals surface area (Å²) < 4.78 is 44.3. The molecule has 0 aliphatic heterocycles. The summed E-state index contributed by atoms with van der Waals surface area (Å²) in [5.74, 6) is -4.34. The zero-order valence-corrected chi connectivity index (χ0v) is 12.9. The van der Waals surface area contributed by atoms with Crippen LogP contribution >= 0.6 is 0 Å². The number of hydrogen-bond acceptors (Lipinski definition) is 3. The lowest BCUT2D eigenvalue weighted by Crippen LogP contribution is -2.30. The second kappa shape index (κ2) is 7.16. The van der Waals surface area contributed by atoms with Gasteiger partial charge in [-0.2, -0.15) is 0 Å². The lowest BCUT2D eigenvalue weighted by molar-refractivity contribution is -0.123. The quantitative estimate of drug-likeness (QED) is 0.868. The number of hydrogen-bond donors (Lipinski definition) is 1. The molecule has 0 aliphatic carbocycles. The molecule has 0 spiro atoms. The van der Waals surface area contributed by atoms with Gasteiger partial charge in [0, 0.05) is 11.8 Å². The number of esters is 1. The van der Waals surface area contributed by atoms with Crippen LogP contribution in [0.1, 0.15) is 22.8 Å². The standard InChI is InChI=1S/C17H14F3NO3/c1-9-3-4-11(7-14(9)19)17(23)24-10(2)16(22)21-12-5-6-13(18)15(20)8-12/h3-8,10H,1-2H3,(H,21,22)/t10-/m1/s1. The third kappa shape index (κ3) is 4.13. The molecule has 2 aromatic carbocycles. The van der Waals surface area contributed by atoms with Gasteiger partial charge in [-0.25, -0.2) is 18.0 Å². The van der Waals surface area contributed by atoms with Crippen LogP contribution in [0.3, 0.4) is 0 Å². The summed E-state index contributed by atoms with van der Waals surface area (Å²) in [6.45, 7) is 2.85. The van der Waals surface area contributed by atoms with Crippen molar-refractivity contribution in [2.45, 2.75) is 20.0 Å². The SMILES string of the molecule is Cc1ccc(C(=O)O[C@H](C)C(=O)Nc2ccc(F)c(F)c2)cc1F. The molecule has 0 fully saturated rings. The van der Waals surface area contributed by atoms with Gasteiger partial charge in [-0.3, -0.25) is 4.79 Å². The van der Waals surface area contributed by atoms with E-state index in [2.05, 4.69) is 5.32 Å². The van der Waals surface area contributed by atoms with Gasteiger partial charge in [0.1, 0.15) is 5.82 Å². The van der Waals surface area contributed by atoms with Crippen molar-refractivity contribution < 1.29 is 27.5 Å². The molecule has 0 radical (unpaired) electrons. The van der Waals surface area contributed by atoms with Gasteiger partial charge in [-0.15, -0.1) is 0 Å². The number of carbonyl (C=O) groups is 2. The first-order valence-electron chi connectivity index (χ1n) is 7.01. The molecule has 0 aliphatic rings. The maximum absolute atomic E-state index is 13.4. The Morgan fingerprint density at radius 2 is 1.71 bits per heavy atom. The smallest absolute Gasteiger partial charge is 0.339 e. The van der Waals surface area contributed by atoms with E-state index in [1.807, 2.05) is 0 Å². The van der Waals surface area contributed by atoms with E-state index < -0.39 is 35.4 Å². The summed E-state index contributed by atoms with van der Waals surface area (Å²) in [5, 5.41) is 2.29. The van der Waals surface area contributed by atoms with Crippen LogP contribution in [0.25, 0.3) is 0 Å². The summed E-state index contributed by atoms with van der Waals surface area (Å²) in [5.41, 5.74) is 0.351. The van der Waals surface area contributed by atoms with Crippen molar-refractivity contribution in [2.24, 2.45) is 0 Å². The number of benzene rings is 2. The monoisotopic (exact) mass is 337 g/mol. The van der Waals surface area contributed by atoms with Crippen molar-refractivity contribution in [3.63, 3.8) is 0 Å². The number of aryl methyl sites for hydroxylation is 1. The molecule has 2 aromatic rings. The van der Waals surface area contributed by atoms with E-state index in [-0.39, 0.29) is 11.3 Å². The van der Waals surface area contributed by atoms with Crippen LogP contribution in [0.15, 0.2) is 36.4 Å². The lowest BCUT2D eigenvalue weighted by atomic mass is 10.1. The van der Waals surface area contributed by atoms with Crippen LogP contribution in [-0.2, 0) is 9.53 Å². The van der Waals surface area contributed by atoms with Crippen LogP contribution in [0.5, 0.6) is 0 Å². The second-order valence-electron chi connectivity index (χ2n) is 5.13. The molecule has 4 nitrogen and oxygen atoms in total. The molecule has 0 saturated heterocycles. The molecular formula is C17H14F3NO3. The van der Waals surface area contributed by atoms with Gasteiger partial charge in [0.05, 0.1) is 5.56 Å². The number of nitrogens with one attached hydrogen (secondary N) is 1. The van der Waals surface area contributed by atoms with E-state index in [0.29, 0.717) is 5.56 Å². The first-order valence-corrected chi connectivity index (χ1v) is 7.01. The van der Waals surface area contributed by atoms with Crippen LogP contribution in [-0.4, -0.2) is 18.0 Å². The third-order valence-electron chi connectivity index (χ3n) is 3.25. The predicted molar refractivity (Wildman–Crippen MR) is 81.0 cm³/mol. The van der Waals surface area contributed by atoms with E-state index in [1.54, 1.807) is 6.92 Å². The largest absolute Gasteiger partial charge is 0.449 e. The average Bonchev–Trinajstić information content (AvgIpc) is 2.53. The number of ether oxygens (including phenoxy) is 1. The summed E-state index contributed by atoms with van der Waals surface area (Å²) >= 11 is 0. The number of halogens is 3. The Bertz CT molecular complexity index is 793. The molecule has 0 unspecified atom stereocenters. The fourth-order valence-electron chi connectivity index (χ4n) is 1.82. The molecule has 0 aromatic heterocycles. The molecule has 126 valence electrons. The summed E-state index contributed by atoms with van der Waals surface area (Å²) in [6, 6.07) is 6.63. The second-order valence-corrected chi connectivity index (χ2v) is 5.13. The van der Waals surface area contributed by atoms with Crippen molar-refractivity contribution >= 4 is 17.6 Å². The Hall–Kier alpha value is -2.83. The molecular weight excluding hydrogens is 323 g/mol. The maximum atomic E-state index is 13.4.